The lowest BCUT2D eigenvalue weighted by molar-refractivity contribution is -0.140. The summed E-state index contributed by atoms with van der Waals surface area (Å²) in [7, 11) is 0. The third kappa shape index (κ3) is 4.13. The van der Waals surface area contributed by atoms with Crippen LogP contribution in [0.1, 0.15) is 63.0 Å². The number of nitrogens with one attached hydrogen (secondary N) is 1. The SMILES string of the molecule is CC(=O)Nc1ccc(C2=C(N3CCc4ccccc43)C(=O)N(C3CCCCCCC3)C2=O)cc1. The summed E-state index contributed by atoms with van der Waals surface area (Å²) in [6, 6.07) is 15.3. The lowest BCUT2D eigenvalue weighted by Gasteiger charge is -2.29. The summed E-state index contributed by atoms with van der Waals surface area (Å²) in [5.74, 6) is -0.514. The van der Waals surface area contributed by atoms with E-state index in [-0.39, 0.29) is 23.8 Å². The van der Waals surface area contributed by atoms with Gasteiger partial charge in [-0.25, -0.2) is 0 Å². The van der Waals surface area contributed by atoms with Crippen molar-refractivity contribution in [3.63, 3.8) is 0 Å². The molecule has 6 nitrogen and oxygen atoms in total. The number of imide groups is 1. The highest BCUT2D eigenvalue weighted by Gasteiger charge is 2.45. The molecule has 1 N–H and O–H groups in total. The minimum absolute atomic E-state index is 0.0516. The van der Waals surface area contributed by atoms with Crippen molar-refractivity contribution in [1.29, 1.82) is 0 Å². The molecular formula is C28H31N3O3. The quantitative estimate of drug-likeness (QED) is 0.663. The molecule has 2 aromatic carbocycles. The van der Waals surface area contributed by atoms with Crippen molar-refractivity contribution < 1.29 is 14.4 Å². The Kier molecular flexibility index (Phi) is 6.22. The maximum Gasteiger partial charge on any atom is 0.278 e. The molecule has 0 bridgehead atoms. The third-order valence-electron chi connectivity index (χ3n) is 7.18. The van der Waals surface area contributed by atoms with Gasteiger partial charge in [-0.3, -0.25) is 19.3 Å². The van der Waals surface area contributed by atoms with Crippen LogP contribution in [0.5, 0.6) is 0 Å². The maximum atomic E-state index is 14.0. The number of rotatable bonds is 4. The molecule has 176 valence electrons. The van der Waals surface area contributed by atoms with Gasteiger partial charge in [-0.05, 0) is 48.6 Å². The van der Waals surface area contributed by atoms with Gasteiger partial charge in [0.2, 0.25) is 5.91 Å². The van der Waals surface area contributed by atoms with Crippen LogP contribution in [0.3, 0.4) is 0 Å². The van der Waals surface area contributed by atoms with E-state index in [2.05, 4.69) is 11.4 Å². The summed E-state index contributed by atoms with van der Waals surface area (Å²) in [5.41, 5.74) is 4.53. The molecule has 0 atom stereocenters. The fourth-order valence-electron chi connectivity index (χ4n) is 5.56. The molecule has 1 fully saturated rings. The second kappa shape index (κ2) is 9.45. The Bertz CT molecular complexity index is 1140. The molecule has 2 aliphatic heterocycles. The zero-order valence-corrected chi connectivity index (χ0v) is 19.7. The van der Waals surface area contributed by atoms with Crippen LogP contribution in [0.25, 0.3) is 5.57 Å². The van der Waals surface area contributed by atoms with Crippen molar-refractivity contribution in [2.75, 3.05) is 16.8 Å². The topological polar surface area (TPSA) is 69.7 Å². The number of benzene rings is 2. The Labute approximate surface area is 200 Å². The summed E-state index contributed by atoms with van der Waals surface area (Å²) in [6.45, 7) is 2.14. The van der Waals surface area contributed by atoms with Crippen LogP contribution in [-0.4, -0.2) is 35.2 Å². The van der Waals surface area contributed by atoms with Crippen molar-refractivity contribution in [3.8, 4) is 0 Å². The number of anilines is 2. The fraction of sp³-hybridized carbons (Fsp3) is 0.393. The molecule has 34 heavy (non-hydrogen) atoms. The molecular weight excluding hydrogens is 426 g/mol. The van der Waals surface area contributed by atoms with E-state index in [1.807, 2.05) is 35.2 Å². The molecule has 2 heterocycles. The average molecular weight is 458 g/mol. The summed E-state index contributed by atoms with van der Waals surface area (Å²) in [5, 5.41) is 2.77. The largest absolute Gasteiger partial charge is 0.336 e. The van der Waals surface area contributed by atoms with Crippen LogP contribution in [0.4, 0.5) is 11.4 Å². The Morgan fingerprint density at radius 2 is 1.56 bits per heavy atom. The molecule has 5 rings (SSSR count). The minimum atomic E-state index is -0.192. The summed E-state index contributed by atoms with van der Waals surface area (Å²) in [4.78, 5) is 42.9. The first kappa shape index (κ1) is 22.4. The van der Waals surface area contributed by atoms with E-state index in [1.165, 1.54) is 18.9 Å². The number of para-hydroxylation sites is 1. The van der Waals surface area contributed by atoms with Crippen molar-refractivity contribution in [2.24, 2.45) is 0 Å². The molecule has 0 radical (unpaired) electrons. The van der Waals surface area contributed by atoms with E-state index in [0.717, 1.165) is 50.6 Å². The van der Waals surface area contributed by atoms with Crippen molar-refractivity contribution in [1.82, 2.24) is 4.90 Å². The van der Waals surface area contributed by atoms with Gasteiger partial charge in [0.05, 0.1) is 5.57 Å². The van der Waals surface area contributed by atoms with Gasteiger partial charge in [-0.2, -0.15) is 0 Å². The molecule has 0 unspecified atom stereocenters. The zero-order valence-electron chi connectivity index (χ0n) is 19.7. The van der Waals surface area contributed by atoms with Crippen molar-refractivity contribution >= 4 is 34.7 Å². The highest BCUT2D eigenvalue weighted by atomic mass is 16.2. The van der Waals surface area contributed by atoms with Gasteiger partial charge >= 0.3 is 0 Å². The molecule has 1 aliphatic carbocycles. The molecule has 0 saturated heterocycles. The Morgan fingerprint density at radius 1 is 0.882 bits per heavy atom. The molecule has 2 aromatic rings. The number of fused-ring (bicyclic) bond motifs is 1. The number of carbonyl (C=O) groups excluding carboxylic acids is 3. The maximum absolute atomic E-state index is 14.0. The minimum Gasteiger partial charge on any atom is -0.336 e. The Hall–Kier alpha value is -3.41. The van der Waals surface area contributed by atoms with Gasteiger partial charge < -0.3 is 10.2 Å². The van der Waals surface area contributed by atoms with Crippen LogP contribution in [0, 0.1) is 0 Å². The molecule has 1 saturated carbocycles. The van der Waals surface area contributed by atoms with E-state index in [4.69, 9.17) is 0 Å². The molecule has 0 aromatic heterocycles. The summed E-state index contributed by atoms with van der Waals surface area (Å²) in [6.07, 6.45) is 8.22. The van der Waals surface area contributed by atoms with E-state index < -0.39 is 0 Å². The van der Waals surface area contributed by atoms with Gasteiger partial charge in [-0.15, -0.1) is 0 Å². The average Bonchev–Trinajstić information content (AvgIpc) is 3.32. The van der Waals surface area contributed by atoms with E-state index in [1.54, 1.807) is 17.0 Å². The Morgan fingerprint density at radius 3 is 2.26 bits per heavy atom. The first-order valence-electron chi connectivity index (χ1n) is 12.4. The number of amides is 3. The van der Waals surface area contributed by atoms with Crippen LogP contribution in [0.15, 0.2) is 54.2 Å². The Balaban J connectivity index is 1.56. The van der Waals surface area contributed by atoms with E-state index in [0.29, 0.717) is 29.1 Å². The molecule has 6 heteroatoms. The predicted octanol–water partition coefficient (Wildman–Crippen LogP) is 4.90. The normalized spacial score (nSPS) is 19.3. The fourth-order valence-corrected chi connectivity index (χ4v) is 5.56. The number of carbonyl (C=O) groups is 3. The van der Waals surface area contributed by atoms with Crippen molar-refractivity contribution in [2.45, 2.75) is 64.3 Å². The molecule has 3 aliphatic rings. The summed E-state index contributed by atoms with van der Waals surface area (Å²) >= 11 is 0. The third-order valence-corrected chi connectivity index (χ3v) is 7.18. The smallest absolute Gasteiger partial charge is 0.278 e. The zero-order chi connectivity index (χ0) is 23.7. The molecule has 0 spiro atoms. The van der Waals surface area contributed by atoms with E-state index >= 15 is 0 Å². The number of hydrogen-bond acceptors (Lipinski definition) is 4. The predicted molar refractivity (Wildman–Crippen MR) is 133 cm³/mol. The first-order valence-corrected chi connectivity index (χ1v) is 12.4. The first-order chi connectivity index (χ1) is 16.5. The lowest BCUT2D eigenvalue weighted by atomic mass is 9.95. The van der Waals surface area contributed by atoms with Gasteiger partial charge in [0.1, 0.15) is 5.70 Å². The van der Waals surface area contributed by atoms with Crippen LogP contribution in [0.2, 0.25) is 0 Å². The molecule has 3 amide bonds. The van der Waals surface area contributed by atoms with Crippen LogP contribution >= 0.6 is 0 Å². The number of nitrogens with zero attached hydrogens (tertiary/aromatic N) is 2. The number of hydrogen-bond donors (Lipinski definition) is 1. The highest BCUT2D eigenvalue weighted by Crippen LogP contribution is 2.40. The van der Waals surface area contributed by atoms with E-state index in [9.17, 15) is 14.4 Å². The van der Waals surface area contributed by atoms with Gasteiger partial charge in [0.15, 0.2) is 0 Å². The standard InChI is InChI=1S/C28H31N3O3/c1-19(32)29-22-15-13-21(14-16-22)25-26(30-18-17-20-9-7-8-12-24(20)30)28(34)31(27(25)33)23-10-5-3-2-4-6-11-23/h7-9,12-16,23H,2-6,10-11,17-18H2,1H3,(H,29,32). The van der Waals surface area contributed by atoms with Crippen LogP contribution in [-0.2, 0) is 20.8 Å². The highest BCUT2D eigenvalue weighted by molar-refractivity contribution is 6.37. The second-order valence-corrected chi connectivity index (χ2v) is 9.49. The second-order valence-electron chi connectivity index (χ2n) is 9.49. The van der Waals surface area contributed by atoms with Gasteiger partial charge in [-0.1, -0.05) is 62.4 Å². The lowest BCUT2D eigenvalue weighted by Crippen LogP contribution is -2.42. The van der Waals surface area contributed by atoms with Gasteiger partial charge in [0, 0.05) is 30.9 Å². The van der Waals surface area contributed by atoms with Crippen molar-refractivity contribution in [3.05, 3.63) is 65.4 Å². The monoisotopic (exact) mass is 457 g/mol. The van der Waals surface area contributed by atoms with Crippen LogP contribution < -0.4 is 10.2 Å². The summed E-state index contributed by atoms with van der Waals surface area (Å²) < 4.78 is 0. The van der Waals surface area contributed by atoms with Gasteiger partial charge in [0.25, 0.3) is 11.8 Å².